The molecule has 0 aliphatic carbocycles. The van der Waals surface area contributed by atoms with Crippen molar-refractivity contribution >= 4 is 27.7 Å². The van der Waals surface area contributed by atoms with Crippen LogP contribution < -0.4 is 10.1 Å². The Bertz CT molecular complexity index is 459. The molecule has 0 unspecified atom stereocenters. The van der Waals surface area contributed by atoms with Gasteiger partial charge in [-0.2, -0.15) is 0 Å². The largest absolute Gasteiger partial charge is 0.496 e. The van der Waals surface area contributed by atoms with Crippen LogP contribution >= 0.6 is 15.9 Å². The van der Waals surface area contributed by atoms with Crippen molar-refractivity contribution in [2.75, 3.05) is 7.11 Å². The van der Waals surface area contributed by atoms with E-state index < -0.39 is 0 Å². The van der Waals surface area contributed by atoms with E-state index >= 15 is 0 Å². The van der Waals surface area contributed by atoms with Gasteiger partial charge >= 0.3 is 0 Å². The Kier molecular flexibility index (Phi) is 2.96. The fraction of sp³-hybridized carbons (Fsp3) is 0.273. The Hall–Kier alpha value is -1.36. The number of hydrogen-bond acceptors (Lipinski definition) is 3. The number of methoxy groups -OCH3 is 1. The summed E-state index contributed by atoms with van der Waals surface area (Å²) in [5, 5.41) is 2.29. The lowest BCUT2D eigenvalue weighted by Gasteiger charge is -2.09. The molecular weight excluding hydrogens is 274 g/mol. The maximum atomic E-state index is 11.5. The lowest BCUT2D eigenvalue weighted by atomic mass is 9.98. The Morgan fingerprint density at radius 2 is 2.19 bits per heavy atom. The van der Waals surface area contributed by atoms with Gasteiger partial charge in [-0.15, -0.1) is 0 Å². The highest BCUT2D eigenvalue weighted by molar-refractivity contribution is 9.10. The average molecular weight is 284 g/mol. The second-order valence-corrected chi connectivity index (χ2v) is 4.42. The summed E-state index contributed by atoms with van der Waals surface area (Å²) in [6.45, 7) is 0. The molecule has 4 nitrogen and oxygen atoms in total. The summed E-state index contributed by atoms with van der Waals surface area (Å²) in [4.78, 5) is 22.5. The van der Waals surface area contributed by atoms with Crippen LogP contribution in [0.5, 0.6) is 5.75 Å². The molecule has 2 rings (SSSR count). The van der Waals surface area contributed by atoms with Gasteiger partial charge in [0.05, 0.1) is 17.5 Å². The minimum atomic E-state index is -0.380. The highest BCUT2D eigenvalue weighted by Gasteiger charge is 2.31. The summed E-state index contributed by atoms with van der Waals surface area (Å²) < 4.78 is 5.87. The van der Waals surface area contributed by atoms with Crippen molar-refractivity contribution in [3.8, 4) is 5.75 Å². The first-order valence-electron chi connectivity index (χ1n) is 4.79. The topological polar surface area (TPSA) is 55.4 Å². The summed E-state index contributed by atoms with van der Waals surface area (Å²) in [6, 6.07) is 5.38. The van der Waals surface area contributed by atoms with E-state index in [0.717, 1.165) is 10.0 Å². The van der Waals surface area contributed by atoms with Crippen LogP contribution in [0, 0.1) is 0 Å². The second kappa shape index (κ2) is 4.25. The molecule has 1 heterocycles. The molecule has 1 fully saturated rings. The monoisotopic (exact) mass is 283 g/mol. The van der Waals surface area contributed by atoms with E-state index in [1.807, 2.05) is 6.07 Å². The summed E-state index contributed by atoms with van der Waals surface area (Å²) in [5.41, 5.74) is 0.816. The SMILES string of the molecule is COc1ccc([C@H]2CC(=O)NC2=O)cc1Br. The quantitative estimate of drug-likeness (QED) is 0.839. The zero-order valence-corrected chi connectivity index (χ0v) is 10.2. The number of ether oxygens (including phenoxy) is 1. The van der Waals surface area contributed by atoms with E-state index in [9.17, 15) is 9.59 Å². The van der Waals surface area contributed by atoms with E-state index in [2.05, 4.69) is 21.2 Å². The fourth-order valence-electron chi connectivity index (χ4n) is 1.72. The second-order valence-electron chi connectivity index (χ2n) is 3.56. The van der Waals surface area contributed by atoms with E-state index in [4.69, 9.17) is 4.74 Å². The molecule has 1 aromatic rings. The zero-order valence-electron chi connectivity index (χ0n) is 8.62. The van der Waals surface area contributed by atoms with Crippen molar-refractivity contribution in [3.05, 3.63) is 28.2 Å². The van der Waals surface area contributed by atoms with Gasteiger partial charge in [0.15, 0.2) is 0 Å². The van der Waals surface area contributed by atoms with Gasteiger partial charge in [0.2, 0.25) is 11.8 Å². The van der Waals surface area contributed by atoms with Gasteiger partial charge < -0.3 is 4.74 Å². The molecule has 0 bridgehead atoms. The molecule has 1 atom stereocenters. The number of nitrogens with one attached hydrogen (secondary N) is 1. The lowest BCUT2D eigenvalue weighted by Crippen LogP contribution is -2.21. The number of carbonyl (C=O) groups is 2. The van der Waals surface area contributed by atoms with Crippen LogP contribution in [-0.4, -0.2) is 18.9 Å². The summed E-state index contributed by atoms with van der Waals surface area (Å²) >= 11 is 3.35. The van der Waals surface area contributed by atoms with Gasteiger partial charge in [-0.25, -0.2) is 0 Å². The van der Waals surface area contributed by atoms with E-state index in [1.54, 1.807) is 19.2 Å². The van der Waals surface area contributed by atoms with Crippen LogP contribution in [0.3, 0.4) is 0 Å². The lowest BCUT2D eigenvalue weighted by molar-refractivity contribution is -0.125. The molecule has 1 aliphatic rings. The Morgan fingerprint density at radius 3 is 2.69 bits per heavy atom. The molecule has 1 aliphatic heterocycles. The van der Waals surface area contributed by atoms with Gasteiger partial charge in [-0.3, -0.25) is 14.9 Å². The van der Waals surface area contributed by atoms with Gasteiger partial charge in [-0.1, -0.05) is 6.07 Å². The normalized spacial score (nSPS) is 19.8. The third-order valence-corrected chi connectivity index (χ3v) is 3.17. The molecule has 0 spiro atoms. The number of benzene rings is 1. The minimum absolute atomic E-state index is 0.220. The molecule has 84 valence electrons. The van der Waals surface area contributed by atoms with Crippen LogP contribution in [0.15, 0.2) is 22.7 Å². The Morgan fingerprint density at radius 1 is 1.44 bits per heavy atom. The number of amides is 2. The zero-order chi connectivity index (χ0) is 11.7. The predicted octanol–water partition coefficient (Wildman–Crippen LogP) is 1.59. The van der Waals surface area contributed by atoms with E-state index in [-0.39, 0.29) is 24.2 Å². The Labute approximate surface area is 101 Å². The first kappa shape index (κ1) is 11.1. The maximum absolute atomic E-state index is 11.5. The highest BCUT2D eigenvalue weighted by Crippen LogP contribution is 2.31. The van der Waals surface area contributed by atoms with Crippen molar-refractivity contribution in [1.82, 2.24) is 5.32 Å². The van der Waals surface area contributed by atoms with Crippen molar-refractivity contribution in [2.45, 2.75) is 12.3 Å². The molecule has 16 heavy (non-hydrogen) atoms. The fourth-order valence-corrected chi connectivity index (χ4v) is 2.28. The van der Waals surface area contributed by atoms with Gasteiger partial charge in [0.25, 0.3) is 0 Å². The number of rotatable bonds is 2. The predicted molar refractivity (Wildman–Crippen MR) is 61.2 cm³/mol. The van der Waals surface area contributed by atoms with Crippen molar-refractivity contribution in [2.24, 2.45) is 0 Å². The van der Waals surface area contributed by atoms with Crippen LogP contribution in [0.25, 0.3) is 0 Å². The number of carbonyl (C=O) groups excluding carboxylic acids is 2. The van der Waals surface area contributed by atoms with Crippen molar-refractivity contribution < 1.29 is 14.3 Å². The molecule has 1 aromatic carbocycles. The molecule has 5 heteroatoms. The van der Waals surface area contributed by atoms with Crippen LogP contribution in [-0.2, 0) is 9.59 Å². The summed E-state index contributed by atoms with van der Waals surface area (Å²) in [5.74, 6) is -0.132. The minimum Gasteiger partial charge on any atom is -0.496 e. The third kappa shape index (κ3) is 1.95. The third-order valence-electron chi connectivity index (χ3n) is 2.55. The molecule has 1 N–H and O–H groups in total. The average Bonchev–Trinajstić information content (AvgIpc) is 2.58. The van der Waals surface area contributed by atoms with Gasteiger partial charge in [0.1, 0.15) is 5.75 Å². The molecule has 2 amide bonds. The highest BCUT2D eigenvalue weighted by atomic mass is 79.9. The van der Waals surface area contributed by atoms with Crippen LogP contribution in [0.1, 0.15) is 17.9 Å². The van der Waals surface area contributed by atoms with Crippen molar-refractivity contribution in [1.29, 1.82) is 0 Å². The summed E-state index contributed by atoms with van der Waals surface area (Å²) in [6.07, 6.45) is 0.220. The smallest absolute Gasteiger partial charge is 0.234 e. The van der Waals surface area contributed by atoms with Gasteiger partial charge in [-0.05, 0) is 33.6 Å². The van der Waals surface area contributed by atoms with Crippen molar-refractivity contribution in [3.63, 3.8) is 0 Å². The molecule has 0 saturated carbocycles. The van der Waals surface area contributed by atoms with Crippen LogP contribution in [0.2, 0.25) is 0 Å². The Balaban J connectivity index is 2.31. The molecule has 0 radical (unpaired) electrons. The van der Waals surface area contributed by atoms with Crippen LogP contribution in [0.4, 0.5) is 0 Å². The number of halogens is 1. The molecule has 0 aromatic heterocycles. The summed E-state index contributed by atoms with van der Waals surface area (Å²) in [7, 11) is 1.57. The number of hydrogen-bond donors (Lipinski definition) is 1. The van der Waals surface area contributed by atoms with E-state index in [1.165, 1.54) is 0 Å². The van der Waals surface area contributed by atoms with E-state index in [0.29, 0.717) is 5.75 Å². The number of imide groups is 1. The first-order valence-corrected chi connectivity index (χ1v) is 5.58. The maximum Gasteiger partial charge on any atom is 0.234 e. The molecular formula is C11H10BrNO3. The first-order chi connectivity index (χ1) is 7.61. The standard InChI is InChI=1S/C11H10BrNO3/c1-16-9-3-2-6(4-8(9)12)7-5-10(14)13-11(7)15/h2-4,7H,5H2,1H3,(H,13,14,15)/t7-/m1/s1. The van der Waals surface area contributed by atoms with Gasteiger partial charge in [0, 0.05) is 6.42 Å². The molecule has 1 saturated heterocycles.